The van der Waals surface area contributed by atoms with Gasteiger partial charge in [0.1, 0.15) is 18.5 Å². The van der Waals surface area contributed by atoms with E-state index in [1.54, 1.807) is 12.1 Å². The smallest absolute Gasteiger partial charge is 0.119 e. The van der Waals surface area contributed by atoms with Crippen molar-refractivity contribution in [3.8, 4) is 5.75 Å². The molecule has 0 aromatic heterocycles. The van der Waals surface area contributed by atoms with E-state index in [2.05, 4.69) is 5.32 Å². The van der Waals surface area contributed by atoms with Crippen LogP contribution in [-0.2, 0) is 6.67 Å². The summed E-state index contributed by atoms with van der Waals surface area (Å²) < 4.78 is 17.9. The highest BCUT2D eigenvalue weighted by Gasteiger charge is 2.15. The number of hydrogen-bond donors (Lipinski definition) is 1. The lowest BCUT2D eigenvalue weighted by Crippen LogP contribution is -2.19. The van der Waals surface area contributed by atoms with Gasteiger partial charge in [0.05, 0.1) is 0 Å². The van der Waals surface area contributed by atoms with Gasteiger partial charge < -0.3 is 10.1 Å². The van der Waals surface area contributed by atoms with Gasteiger partial charge in [0.25, 0.3) is 0 Å². The van der Waals surface area contributed by atoms with Crippen LogP contribution in [0.25, 0.3) is 0 Å². The first-order valence-electron chi connectivity index (χ1n) is 4.91. The molecule has 0 aliphatic carbocycles. The van der Waals surface area contributed by atoms with Crippen LogP contribution >= 0.6 is 0 Å². The quantitative estimate of drug-likeness (QED) is 0.795. The van der Waals surface area contributed by atoms with E-state index in [4.69, 9.17) is 4.74 Å². The molecule has 1 heterocycles. The van der Waals surface area contributed by atoms with Crippen LogP contribution in [0.3, 0.4) is 0 Å². The van der Waals surface area contributed by atoms with Gasteiger partial charge in [-0.05, 0) is 30.7 Å². The molecule has 2 nitrogen and oxygen atoms in total. The minimum Gasteiger partial charge on any atom is -0.489 e. The summed E-state index contributed by atoms with van der Waals surface area (Å²) in [5.74, 6) is 0.830. The van der Waals surface area contributed by atoms with Crippen LogP contribution in [0, 0.1) is 0 Å². The molecule has 0 radical (unpaired) electrons. The molecule has 1 unspecified atom stereocenters. The number of alkyl halides is 1. The third-order valence-electron chi connectivity index (χ3n) is 2.40. The van der Waals surface area contributed by atoms with Crippen LogP contribution in [-0.4, -0.2) is 19.2 Å². The number of ether oxygens (including phenoxy) is 1. The Hall–Kier alpha value is -1.09. The Morgan fingerprint density at radius 2 is 2.14 bits per heavy atom. The Balaban J connectivity index is 1.95. The van der Waals surface area contributed by atoms with Crippen molar-refractivity contribution >= 4 is 0 Å². The second kappa shape index (κ2) is 4.42. The average Bonchev–Trinajstić information content (AvgIpc) is 2.72. The van der Waals surface area contributed by atoms with Gasteiger partial charge in [0.2, 0.25) is 0 Å². The summed E-state index contributed by atoms with van der Waals surface area (Å²) in [5.41, 5.74) is 0.696. The fraction of sp³-hybridized carbons (Fsp3) is 0.455. The summed E-state index contributed by atoms with van der Waals surface area (Å²) in [5, 5.41) is 3.23. The predicted molar refractivity (Wildman–Crippen MR) is 53.2 cm³/mol. The second-order valence-electron chi connectivity index (χ2n) is 3.51. The van der Waals surface area contributed by atoms with E-state index in [0.717, 1.165) is 25.3 Å². The summed E-state index contributed by atoms with van der Waals surface area (Å²) in [7, 11) is 0. The van der Waals surface area contributed by atoms with Gasteiger partial charge in [-0.1, -0.05) is 12.1 Å². The lowest BCUT2D eigenvalue weighted by atomic mass is 10.2. The normalized spacial score (nSPS) is 21.1. The molecular formula is C11H14FNO. The molecule has 3 heteroatoms. The van der Waals surface area contributed by atoms with Gasteiger partial charge in [-0.2, -0.15) is 0 Å². The van der Waals surface area contributed by atoms with Crippen molar-refractivity contribution < 1.29 is 9.13 Å². The molecular weight excluding hydrogens is 181 g/mol. The molecule has 1 aromatic carbocycles. The molecule has 76 valence electrons. The molecule has 0 spiro atoms. The first-order chi connectivity index (χ1) is 6.88. The Kier molecular flexibility index (Phi) is 2.99. The first-order valence-corrected chi connectivity index (χ1v) is 4.91. The van der Waals surface area contributed by atoms with E-state index in [1.165, 1.54) is 0 Å². The molecule has 1 aliphatic rings. The van der Waals surface area contributed by atoms with Crippen LogP contribution in [0.15, 0.2) is 24.3 Å². The van der Waals surface area contributed by atoms with Crippen molar-refractivity contribution in [2.24, 2.45) is 0 Å². The Morgan fingerprint density at radius 3 is 2.71 bits per heavy atom. The second-order valence-corrected chi connectivity index (χ2v) is 3.51. The maximum absolute atomic E-state index is 12.2. The van der Waals surface area contributed by atoms with E-state index < -0.39 is 6.67 Å². The number of rotatable bonds is 3. The van der Waals surface area contributed by atoms with E-state index in [9.17, 15) is 4.39 Å². The highest BCUT2D eigenvalue weighted by atomic mass is 19.1. The first kappa shape index (κ1) is 9.46. The molecule has 1 saturated heterocycles. The Labute approximate surface area is 83.1 Å². The highest BCUT2D eigenvalue weighted by molar-refractivity contribution is 5.27. The van der Waals surface area contributed by atoms with Crippen LogP contribution in [0.4, 0.5) is 4.39 Å². The van der Waals surface area contributed by atoms with Crippen LogP contribution in [0.5, 0.6) is 5.75 Å². The molecule has 14 heavy (non-hydrogen) atoms. The summed E-state index contributed by atoms with van der Waals surface area (Å²) in [6.45, 7) is 1.52. The zero-order valence-corrected chi connectivity index (χ0v) is 8.00. The van der Waals surface area contributed by atoms with Crippen molar-refractivity contribution in [2.45, 2.75) is 19.2 Å². The SMILES string of the molecule is FCc1ccc(OC2CCNC2)cc1. The zero-order chi connectivity index (χ0) is 9.80. The minimum absolute atomic E-state index is 0.270. The third-order valence-corrected chi connectivity index (χ3v) is 2.40. The molecule has 1 fully saturated rings. The van der Waals surface area contributed by atoms with Gasteiger partial charge in [-0.15, -0.1) is 0 Å². The van der Waals surface area contributed by atoms with Crippen molar-refractivity contribution in [1.82, 2.24) is 5.32 Å². The van der Waals surface area contributed by atoms with E-state index in [0.29, 0.717) is 5.56 Å². The van der Waals surface area contributed by atoms with Crippen LogP contribution in [0.1, 0.15) is 12.0 Å². The molecule has 1 aliphatic heterocycles. The monoisotopic (exact) mass is 195 g/mol. The fourth-order valence-corrected chi connectivity index (χ4v) is 1.58. The van der Waals surface area contributed by atoms with Gasteiger partial charge >= 0.3 is 0 Å². The zero-order valence-electron chi connectivity index (χ0n) is 8.00. The lowest BCUT2D eigenvalue weighted by Gasteiger charge is -2.12. The van der Waals surface area contributed by atoms with E-state index in [-0.39, 0.29) is 6.10 Å². The summed E-state index contributed by atoms with van der Waals surface area (Å²) >= 11 is 0. The standard InChI is InChI=1S/C11H14FNO/c12-7-9-1-3-10(4-2-9)14-11-5-6-13-8-11/h1-4,11,13H,5-8H2. The number of nitrogens with one attached hydrogen (secondary N) is 1. The predicted octanol–water partition coefficient (Wildman–Crippen LogP) is 1.90. The van der Waals surface area contributed by atoms with Crippen molar-refractivity contribution in [3.05, 3.63) is 29.8 Å². The largest absolute Gasteiger partial charge is 0.489 e. The lowest BCUT2D eigenvalue weighted by molar-refractivity contribution is 0.223. The Morgan fingerprint density at radius 1 is 1.36 bits per heavy atom. The molecule has 2 rings (SSSR count). The molecule has 1 atom stereocenters. The van der Waals surface area contributed by atoms with Gasteiger partial charge in [-0.25, -0.2) is 4.39 Å². The van der Waals surface area contributed by atoms with E-state index in [1.807, 2.05) is 12.1 Å². The Bertz CT molecular complexity index is 280. The third kappa shape index (κ3) is 2.23. The summed E-state index contributed by atoms with van der Waals surface area (Å²) in [6.07, 6.45) is 1.32. The van der Waals surface area contributed by atoms with Gasteiger partial charge in [-0.3, -0.25) is 0 Å². The summed E-state index contributed by atoms with van der Waals surface area (Å²) in [4.78, 5) is 0. The van der Waals surface area contributed by atoms with Crippen molar-refractivity contribution in [2.75, 3.05) is 13.1 Å². The van der Waals surface area contributed by atoms with Gasteiger partial charge in [0.15, 0.2) is 0 Å². The van der Waals surface area contributed by atoms with Gasteiger partial charge in [0, 0.05) is 6.54 Å². The topological polar surface area (TPSA) is 21.3 Å². The summed E-state index contributed by atoms with van der Waals surface area (Å²) in [6, 6.07) is 7.18. The fourth-order valence-electron chi connectivity index (χ4n) is 1.58. The highest BCUT2D eigenvalue weighted by Crippen LogP contribution is 2.16. The maximum Gasteiger partial charge on any atom is 0.119 e. The molecule has 1 N–H and O–H groups in total. The van der Waals surface area contributed by atoms with Crippen molar-refractivity contribution in [3.63, 3.8) is 0 Å². The van der Waals surface area contributed by atoms with E-state index >= 15 is 0 Å². The molecule has 0 amide bonds. The molecule has 0 saturated carbocycles. The molecule has 0 bridgehead atoms. The van der Waals surface area contributed by atoms with Crippen molar-refractivity contribution in [1.29, 1.82) is 0 Å². The number of halogens is 1. The van der Waals surface area contributed by atoms with Crippen LogP contribution in [0.2, 0.25) is 0 Å². The van der Waals surface area contributed by atoms with Crippen LogP contribution < -0.4 is 10.1 Å². The minimum atomic E-state index is -0.411. The number of hydrogen-bond acceptors (Lipinski definition) is 2. The average molecular weight is 195 g/mol. The molecule has 1 aromatic rings. The maximum atomic E-state index is 12.2. The number of benzene rings is 1.